The Balaban J connectivity index is 2.01. The van der Waals surface area contributed by atoms with E-state index in [1.807, 2.05) is 0 Å². The first-order valence-electron chi connectivity index (χ1n) is 4.60. The molecule has 0 spiro atoms. The van der Waals surface area contributed by atoms with Gasteiger partial charge in [-0.15, -0.1) is 0 Å². The second kappa shape index (κ2) is 1.21. The van der Waals surface area contributed by atoms with E-state index in [4.69, 9.17) is 0 Å². The Hall–Kier alpha value is -0.590. The van der Waals surface area contributed by atoms with E-state index < -0.39 is 0 Å². The molecule has 0 aromatic heterocycles. The number of Topliss-reactive ketones (excluding diaryl/α,β-unsaturated/α-hetero) is 1. The minimum atomic E-state index is 0.369. The van der Waals surface area contributed by atoms with E-state index in [2.05, 4.69) is 12.2 Å². The lowest BCUT2D eigenvalue weighted by Crippen LogP contribution is -2.16. The highest BCUT2D eigenvalue weighted by Gasteiger charge is 2.73. The molecule has 0 aliphatic heterocycles. The smallest absolute Gasteiger partial charge is 0.143 e. The van der Waals surface area contributed by atoms with Gasteiger partial charge in [0.15, 0.2) is 0 Å². The third-order valence-corrected chi connectivity index (χ3v) is 4.35. The fourth-order valence-corrected chi connectivity index (χ4v) is 4.01. The molecule has 6 unspecified atom stereocenters. The van der Waals surface area contributed by atoms with E-state index in [-0.39, 0.29) is 0 Å². The first kappa shape index (κ1) is 5.13. The van der Waals surface area contributed by atoms with Crippen LogP contribution in [-0.2, 0) is 4.79 Å². The first-order chi connectivity index (χ1) is 5.38. The zero-order valence-electron chi connectivity index (χ0n) is 6.23. The second-order valence-corrected chi connectivity index (χ2v) is 4.55. The van der Waals surface area contributed by atoms with Crippen molar-refractivity contribution < 1.29 is 4.79 Å². The Bertz CT molecular complexity index is 291. The molecule has 0 radical (unpaired) electrons. The van der Waals surface area contributed by atoms with Gasteiger partial charge in [-0.1, -0.05) is 12.2 Å². The van der Waals surface area contributed by atoms with Crippen molar-refractivity contribution in [2.24, 2.45) is 35.5 Å². The summed E-state index contributed by atoms with van der Waals surface area (Å²) >= 11 is 0. The Labute approximate surface area is 65.5 Å². The summed E-state index contributed by atoms with van der Waals surface area (Å²) < 4.78 is 0. The number of carbonyl (C=O) groups is 1. The average molecular weight is 146 g/mol. The number of rotatable bonds is 0. The molecule has 0 saturated heterocycles. The minimum Gasteiger partial charge on any atom is -0.299 e. The normalized spacial score (nSPS) is 67.5. The number of carbonyl (C=O) groups excluding carboxylic acids is 1. The molecular weight excluding hydrogens is 136 g/mol. The lowest BCUT2D eigenvalue weighted by atomic mass is 9.91. The number of ketones is 1. The molecule has 4 aliphatic rings. The summed E-state index contributed by atoms with van der Waals surface area (Å²) in [5, 5.41) is 0. The summed E-state index contributed by atoms with van der Waals surface area (Å²) in [6, 6.07) is 0. The van der Waals surface area contributed by atoms with Gasteiger partial charge in [-0.2, -0.15) is 0 Å². The van der Waals surface area contributed by atoms with Crippen LogP contribution >= 0.6 is 0 Å². The first-order valence-corrected chi connectivity index (χ1v) is 4.60. The predicted molar refractivity (Wildman–Crippen MR) is 39.7 cm³/mol. The molecule has 56 valence electrons. The van der Waals surface area contributed by atoms with Crippen molar-refractivity contribution in [3.63, 3.8) is 0 Å². The SMILES string of the molecule is O=C1C2C=CC3CC1C1C3C21. The van der Waals surface area contributed by atoms with Crippen molar-refractivity contribution >= 4 is 5.78 Å². The molecule has 3 fully saturated rings. The van der Waals surface area contributed by atoms with Crippen molar-refractivity contribution in [3.8, 4) is 0 Å². The van der Waals surface area contributed by atoms with E-state index in [9.17, 15) is 4.79 Å². The highest BCUT2D eigenvalue weighted by molar-refractivity contribution is 5.91. The largest absolute Gasteiger partial charge is 0.299 e. The van der Waals surface area contributed by atoms with Crippen LogP contribution in [0.1, 0.15) is 6.42 Å². The van der Waals surface area contributed by atoms with Gasteiger partial charge < -0.3 is 0 Å². The van der Waals surface area contributed by atoms with E-state index >= 15 is 0 Å². The molecule has 4 rings (SSSR count). The number of allylic oxidation sites excluding steroid dienone is 2. The van der Waals surface area contributed by atoms with Gasteiger partial charge in [-0.05, 0) is 30.1 Å². The topological polar surface area (TPSA) is 17.1 Å². The quantitative estimate of drug-likeness (QED) is 0.470. The molecular formula is C10H10O. The van der Waals surface area contributed by atoms with Crippen LogP contribution in [0.5, 0.6) is 0 Å². The van der Waals surface area contributed by atoms with Gasteiger partial charge >= 0.3 is 0 Å². The number of hydrogen-bond acceptors (Lipinski definition) is 1. The summed E-state index contributed by atoms with van der Waals surface area (Å²) in [6.45, 7) is 0. The third kappa shape index (κ3) is 0.350. The van der Waals surface area contributed by atoms with Crippen LogP contribution in [0.2, 0.25) is 0 Å². The zero-order valence-corrected chi connectivity index (χ0v) is 6.23. The molecule has 0 amide bonds. The monoisotopic (exact) mass is 146 g/mol. The fraction of sp³-hybridized carbons (Fsp3) is 0.700. The van der Waals surface area contributed by atoms with Crippen LogP contribution in [0.25, 0.3) is 0 Å². The molecule has 0 N–H and O–H groups in total. The molecule has 0 aromatic carbocycles. The summed E-state index contributed by atoms with van der Waals surface area (Å²) in [6.07, 6.45) is 5.70. The van der Waals surface area contributed by atoms with Crippen LogP contribution in [0.15, 0.2) is 12.2 Å². The van der Waals surface area contributed by atoms with Gasteiger partial charge in [0.1, 0.15) is 5.78 Å². The maximum atomic E-state index is 11.6. The van der Waals surface area contributed by atoms with Crippen molar-refractivity contribution in [2.75, 3.05) is 0 Å². The van der Waals surface area contributed by atoms with Crippen molar-refractivity contribution in [1.29, 1.82) is 0 Å². The maximum absolute atomic E-state index is 11.6. The Morgan fingerprint density at radius 2 is 2.09 bits per heavy atom. The van der Waals surface area contributed by atoms with Gasteiger partial charge in [0, 0.05) is 11.8 Å². The summed E-state index contributed by atoms with van der Waals surface area (Å²) in [4.78, 5) is 11.6. The van der Waals surface area contributed by atoms with Gasteiger partial charge in [0.2, 0.25) is 0 Å². The zero-order chi connectivity index (χ0) is 7.16. The molecule has 0 heterocycles. The van der Waals surface area contributed by atoms with Crippen LogP contribution in [0.4, 0.5) is 0 Å². The van der Waals surface area contributed by atoms with E-state index in [1.165, 1.54) is 6.42 Å². The second-order valence-electron chi connectivity index (χ2n) is 4.55. The summed E-state index contributed by atoms with van der Waals surface area (Å²) in [5.74, 6) is 4.85. The molecule has 4 aliphatic carbocycles. The molecule has 3 saturated carbocycles. The van der Waals surface area contributed by atoms with Crippen LogP contribution in [0.3, 0.4) is 0 Å². The van der Waals surface area contributed by atoms with Crippen LogP contribution < -0.4 is 0 Å². The fourth-order valence-electron chi connectivity index (χ4n) is 4.01. The molecule has 11 heavy (non-hydrogen) atoms. The summed E-state index contributed by atoms with van der Waals surface area (Å²) in [7, 11) is 0. The lowest BCUT2D eigenvalue weighted by Gasteiger charge is -2.13. The molecule has 6 atom stereocenters. The average Bonchev–Trinajstić information content (AvgIpc) is 2.54. The summed E-state index contributed by atoms with van der Waals surface area (Å²) in [5.41, 5.74) is 0. The predicted octanol–water partition coefficient (Wildman–Crippen LogP) is 1.25. The molecule has 0 aromatic rings. The van der Waals surface area contributed by atoms with Gasteiger partial charge in [-0.25, -0.2) is 0 Å². The van der Waals surface area contributed by atoms with Crippen molar-refractivity contribution in [3.05, 3.63) is 12.2 Å². The van der Waals surface area contributed by atoms with E-state index in [0.717, 1.165) is 23.7 Å². The molecule has 0 bridgehead atoms. The van der Waals surface area contributed by atoms with Gasteiger partial charge in [0.05, 0.1) is 0 Å². The van der Waals surface area contributed by atoms with Crippen molar-refractivity contribution in [2.45, 2.75) is 6.42 Å². The minimum absolute atomic E-state index is 0.369. The standard InChI is InChI=1S/C10H10O/c11-10-5-2-1-4-3-6(10)9-7(4)8(5)9/h1-2,4-9H,3H2. The molecule has 1 nitrogen and oxygen atoms in total. The number of hydrogen-bond donors (Lipinski definition) is 0. The van der Waals surface area contributed by atoms with Crippen LogP contribution in [-0.4, -0.2) is 5.78 Å². The Kier molecular flexibility index (Phi) is 0.566. The van der Waals surface area contributed by atoms with Gasteiger partial charge in [0.25, 0.3) is 0 Å². The van der Waals surface area contributed by atoms with E-state index in [0.29, 0.717) is 17.6 Å². The molecule has 1 heteroatoms. The highest BCUT2D eigenvalue weighted by Crippen LogP contribution is 2.73. The third-order valence-electron chi connectivity index (χ3n) is 4.35. The maximum Gasteiger partial charge on any atom is 0.143 e. The lowest BCUT2D eigenvalue weighted by molar-refractivity contribution is -0.123. The van der Waals surface area contributed by atoms with E-state index in [1.54, 1.807) is 0 Å². The van der Waals surface area contributed by atoms with Gasteiger partial charge in [-0.3, -0.25) is 4.79 Å². The van der Waals surface area contributed by atoms with Crippen LogP contribution in [0, 0.1) is 35.5 Å². The Morgan fingerprint density at radius 3 is 2.91 bits per heavy atom. The Morgan fingerprint density at radius 1 is 1.18 bits per heavy atom. The highest BCUT2D eigenvalue weighted by atomic mass is 16.1. The van der Waals surface area contributed by atoms with Crippen molar-refractivity contribution in [1.82, 2.24) is 0 Å².